The second-order valence-electron chi connectivity index (χ2n) is 3.08. The minimum absolute atomic E-state index is 0.0405. The second-order valence-corrected chi connectivity index (χ2v) is 5.26. The van der Waals surface area contributed by atoms with Gasteiger partial charge in [0, 0.05) is 13.7 Å². The van der Waals surface area contributed by atoms with Crippen molar-refractivity contribution in [1.29, 1.82) is 0 Å². The molecule has 90 valence electrons. The van der Waals surface area contributed by atoms with Crippen molar-refractivity contribution < 1.29 is 17.9 Å². The zero-order valence-electron chi connectivity index (χ0n) is 8.86. The van der Waals surface area contributed by atoms with E-state index in [1.807, 2.05) is 0 Å². The van der Waals surface area contributed by atoms with Crippen molar-refractivity contribution in [2.75, 3.05) is 38.3 Å². The van der Waals surface area contributed by atoms with Crippen LogP contribution in [-0.2, 0) is 19.4 Å². The zero-order chi connectivity index (χ0) is 11.7. The van der Waals surface area contributed by atoms with Crippen LogP contribution >= 0.6 is 0 Å². The van der Waals surface area contributed by atoms with Gasteiger partial charge in [0.05, 0.1) is 12.4 Å². The Labute approximate surface area is 90.1 Å². The number of methoxy groups -OCH3 is 1. The first-order chi connectivity index (χ1) is 7.02. The summed E-state index contributed by atoms with van der Waals surface area (Å²) in [6.07, 6.45) is 0.383. The van der Waals surface area contributed by atoms with Gasteiger partial charge in [-0.25, -0.2) is 8.42 Å². The molecule has 0 aliphatic rings. The number of carbonyl (C=O) groups is 1. The number of hydrogen-bond acceptors (Lipinski definition) is 5. The van der Waals surface area contributed by atoms with Crippen LogP contribution in [0.5, 0.6) is 0 Å². The number of hydrogen-bond donors (Lipinski definition) is 2. The fourth-order valence-electron chi connectivity index (χ4n) is 0.919. The maximum atomic E-state index is 11.3. The van der Waals surface area contributed by atoms with Gasteiger partial charge in [0.15, 0.2) is 9.84 Å². The highest BCUT2D eigenvalue weighted by atomic mass is 32.2. The van der Waals surface area contributed by atoms with Crippen LogP contribution in [0.1, 0.15) is 6.42 Å². The van der Waals surface area contributed by atoms with E-state index in [4.69, 9.17) is 10.5 Å². The fourth-order valence-corrected chi connectivity index (χ4v) is 2.17. The molecule has 0 aromatic heterocycles. The van der Waals surface area contributed by atoms with Crippen molar-refractivity contribution in [3.63, 3.8) is 0 Å². The van der Waals surface area contributed by atoms with Crippen molar-refractivity contribution in [1.82, 2.24) is 5.32 Å². The summed E-state index contributed by atoms with van der Waals surface area (Å²) in [5.74, 6) is -1.01. The van der Waals surface area contributed by atoms with Gasteiger partial charge in [0.1, 0.15) is 5.75 Å². The summed E-state index contributed by atoms with van der Waals surface area (Å²) in [5, 5.41) is 2.44. The number of amides is 1. The van der Waals surface area contributed by atoms with E-state index in [9.17, 15) is 13.2 Å². The summed E-state index contributed by atoms with van der Waals surface area (Å²) >= 11 is 0. The van der Waals surface area contributed by atoms with Gasteiger partial charge in [-0.05, 0) is 13.0 Å². The average Bonchev–Trinajstić information content (AvgIpc) is 2.14. The predicted octanol–water partition coefficient (Wildman–Crippen LogP) is -1.49. The Morgan fingerprint density at radius 3 is 2.67 bits per heavy atom. The highest BCUT2D eigenvalue weighted by Crippen LogP contribution is 1.92. The van der Waals surface area contributed by atoms with Gasteiger partial charge in [-0.15, -0.1) is 0 Å². The molecule has 0 aliphatic heterocycles. The Balaban J connectivity index is 3.84. The Hall–Kier alpha value is -0.660. The second kappa shape index (κ2) is 7.61. The van der Waals surface area contributed by atoms with Gasteiger partial charge in [-0.3, -0.25) is 4.79 Å². The SMILES string of the molecule is COCCNC(=O)CS(=O)(=O)CCCN. The van der Waals surface area contributed by atoms with Crippen LogP contribution in [0.25, 0.3) is 0 Å². The van der Waals surface area contributed by atoms with E-state index < -0.39 is 21.5 Å². The number of nitrogens with one attached hydrogen (secondary N) is 1. The molecule has 0 bridgehead atoms. The molecule has 0 aromatic rings. The van der Waals surface area contributed by atoms with E-state index in [0.717, 1.165) is 0 Å². The van der Waals surface area contributed by atoms with Crippen molar-refractivity contribution in [2.24, 2.45) is 5.73 Å². The Bertz CT molecular complexity index is 276. The molecule has 0 aliphatic carbocycles. The van der Waals surface area contributed by atoms with Crippen LogP contribution in [-0.4, -0.2) is 52.6 Å². The molecule has 0 atom stereocenters. The lowest BCUT2D eigenvalue weighted by Gasteiger charge is -2.05. The molecule has 6 nitrogen and oxygen atoms in total. The van der Waals surface area contributed by atoms with Crippen molar-refractivity contribution in [3.05, 3.63) is 0 Å². The van der Waals surface area contributed by atoms with Crippen LogP contribution in [0.15, 0.2) is 0 Å². The average molecular weight is 238 g/mol. The summed E-state index contributed by atoms with van der Waals surface area (Å²) in [6, 6.07) is 0. The largest absolute Gasteiger partial charge is 0.383 e. The fraction of sp³-hybridized carbons (Fsp3) is 0.875. The third-order valence-electron chi connectivity index (χ3n) is 1.64. The summed E-state index contributed by atoms with van der Waals surface area (Å²) < 4.78 is 27.3. The maximum absolute atomic E-state index is 11.3. The van der Waals surface area contributed by atoms with E-state index in [1.165, 1.54) is 7.11 Å². The molecule has 0 heterocycles. The van der Waals surface area contributed by atoms with E-state index in [0.29, 0.717) is 26.1 Å². The third-order valence-corrected chi connectivity index (χ3v) is 3.25. The number of sulfone groups is 1. The van der Waals surface area contributed by atoms with Crippen molar-refractivity contribution >= 4 is 15.7 Å². The first kappa shape index (κ1) is 14.3. The standard InChI is InChI=1S/C8H18N2O4S/c1-14-5-4-10-8(11)7-15(12,13)6-2-3-9/h2-7,9H2,1H3,(H,10,11). The van der Waals surface area contributed by atoms with Crippen molar-refractivity contribution in [2.45, 2.75) is 6.42 Å². The highest BCUT2D eigenvalue weighted by Gasteiger charge is 2.15. The molecule has 3 N–H and O–H groups in total. The highest BCUT2D eigenvalue weighted by molar-refractivity contribution is 7.92. The predicted molar refractivity (Wildman–Crippen MR) is 57.2 cm³/mol. The molecule has 7 heteroatoms. The molecule has 0 spiro atoms. The lowest BCUT2D eigenvalue weighted by molar-refractivity contribution is -0.118. The monoisotopic (exact) mass is 238 g/mol. The van der Waals surface area contributed by atoms with Gasteiger partial charge in [-0.1, -0.05) is 0 Å². The molecular weight excluding hydrogens is 220 g/mol. The third kappa shape index (κ3) is 8.34. The van der Waals surface area contributed by atoms with Crippen LogP contribution in [0, 0.1) is 0 Å². The minimum Gasteiger partial charge on any atom is -0.383 e. The first-order valence-corrected chi connectivity index (χ1v) is 6.50. The molecular formula is C8H18N2O4S. The summed E-state index contributed by atoms with van der Waals surface area (Å²) in [5.41, 5.74) is 5.18. The number of nitrogens with two attached hydrogens (primary N) is 1. The van der Waals surface area contributed by atoms with Gasteiger partial charge in [-0.2, -0.15) is 0 Å². The number of carbonyl (C=O) groups excluding carboxylic acids is 1. The quantitative estimate of drug-likeness (QED) is 0.502. The Kier molecular flexibility index (Phi) is 7.27. The van der Waals surface area contributed by atoms with E-state index in [2.05, 4.69) is 5.32 Å². The number of rotatable bonds is 8. The van der Waals surface area contributed by atoms with Crippen molar-refractivity contribution in [3.8, 4) is 0 Å². The summed E-state index contributed by atoms with van der Waals surface area (Å²) in [4.78, 5) is 11.1. The topological polar surface area (TPSA) is 98.5 Å². The van der Waals surface area contributed by atoms with Crippen LogP contribution in [0.3, 0.4) is 0 Å². The molecule has 0 rings (SSSR count). The summed E-state index contributed by atoms with van der Waals surface area (Å²) in [6.45, 7) is 1.00. The minimum atomic E-state index is -3.31. The first-order valence-electron chi connectivity index (χ1n) is 4.68. The Morgan fingerprint density at radius 2 is 2.13 bits per heavy atom. The Morgan fingerprint density at radius 1 is 1.47 bits per heavy atom. The van der Waals surface area contributed by atoms with Gasteiger partial charge < -0.3 is 15.8 Å². The molecule has 1 amide bonds. The van der Waals surface area contributed by atoms with Crippen LogP contribution in [0.2, 0.25) is 0 Å². The van der Waals surface area contributed by atoms with Crippen LogP contribution < -0.4 is 11.1 Å². The van der Waals surface area contributed by atoms with E-state index >= 15 is 0 Å². The maximum Gasteiger partial charge on any atom is 0.235 e. The molecule has 0 saturated carbocycles. The normalized spacial score (nSPS) is 11.3. The smallest absolute Gasteiger partial charge is 0.235 e. The summed E-state index contributed by atoms with van der Waals surface area (Å²) in [7, 11) is -1.81. The molecule has 0 radical (unpaired) electrons. The molecule has 0 fully saturated rings. The molecule has 0 aromatic carbocycles. The van der Waals surface area contributed by atoms with Gasteiger partial charge >= 0.3 is 0 Å². The lowest BCUT2D eigenvalue weighted by Crippen LogP contribution is -2.33. The van der Waals surface area contributed by atoms with E-state index in [1.54, 1.807) is 0 Å². The van der Waals surface area contributed by atoms with Crippen LogP contribution in [0.4, 0.5) is 0 Å². The van der Waals surface area contributed by atoms with Gasteiger partial charge in [0.2, 0.25) is 5.91 Å². The molecule has 15 heavy (non-hydrogen) atoms. The molecule has 0 unspecified atom stereocenters. The number of ether oxygens (including phenoxy) is 1. The van der Waals surface area contributed by atoms with E-state index in [-0.39, 0.29) is 5.75 Å². The molecule has 0 saturated heterocycles. The lowest BCUT2D eigenvalue weighted by atomic mass is 10.5. The van der Waals surface area contributed by atoms with Gasteiger partial charge in [0.25, 0.3) is 0 Å². The zero-order valence-corrected chi connectivity index (χ0v) is 9.68.